The molecule has 0 saturated carbocycles. The van der Waals surface area contributed by atoms with E-state index in [1.54, 1.807) is 6.92 Å². The van der Waals surface area contributed by atoms with Crippen LogP contribution < -0.4 is 5.73 Å². The number of nitrogens with two attached hydrogens (primary N) is 1. The van der Waals surface area contributed by atoms with Crippen LogP contribution in [0, 0.1) is 5.41 Å². The van der Waals surface area contributed by atoms with Crippen molar-refractivity contribution >= 4 is 11.6 Å². The maximum absolute atomic E-state index is 10.9. The van der Waals surface area contributed by atoms with E-state index in [4.69, 9.17) is 11.1 Å². The zero-order valence-electron chi connectivity index (χ0n) is 8.92. The molecule has 0 heterocycles. The van der Waals surface area contributed by atoms with Crippen molar-refractivity contribution in [1.82, 2.24) is 0 Å². The van der Waals surface area contributed by atoms with Gasteiger partial charge in [0.15, 0.2) is 0 Å². The number of hydrogen-bond acceptors (Lipinski definition) is 2. The lowest BCUT2D eigenvalue weighted by molar-refractivity contribution is -0.116. The zero-order chi connectivity index (χ0) is 11.3. The number of benzene rings is 1. The first-order valence-electron chi connectivity index (χ1n) is 4.98. The zero-order valence-corrected chi connectivity index (χ0v) is 8.92. The molecular weight excluding hydrogens is 188 g/mol. The molecule has 0 fully saturated rings. The van der Waals surface area contributed by atoms with Gasteiger partial charge in [-0.2, -0.15) is 0 Å². The molecular formula is C12H16N2O. The van der Waals surface area contributed by atoms with Gasteiger partial charge in [-0.3, -0.25) is 10.2 Å². The summed E-state index contributed by atoms with van der Waals surface area (Å²) in [6.45, 7) is 1.59. The number of carbonyl (C=O) groups excluding carboxylic acids is 1. The van der Waals surface area contributed by atoms with Crippen LogP contribution in [0.1, 0.15) is 24.5 Å². The lowest BCUT2D eigenvalue weighted by Gasteiger charge is -2.02. The number of Topliss-reactive ketones (excluding diaryl/α,β-unsaturated/α-hetero) is 1. The normalized spacial score (nSPS) is 9.93. The largest absolute Gasteiger partial charge is 0.388 e. The first kappa shape index (κ1) is 11.4. The molecule has 3 heteroatoms. The van der Waals surface area contributed by atoms with Gasteiger partial charge in [-0.25, -0.2) is 0 Å². The molecule has 0 bridgehead atoms. The highest BCUT2D eigenvalue weighted by atomic mass is 16.1. The Balaban J connectivity index is 2.56. The van der Waals surface area contributed by atoms with Crippen molar-refractivity contribution in [3.05, 3.63) is 35.4 Å². The Morgan fingerprint density at radius 2 is 1.80 bits per heavy atom. The predicted molar refractivity (Wildman–Crippen MR) is 61.1 cm³/mol. The molecule has 80 valence electrons. The fraction of sp³-hybridized carbons (Fsp3) is 0.333. The third kappa shape index (κ3) is 4.40. The second-order valence-corrected chi connectivity index (χ2v) is 3.72. The predicted octanol–water partition coefficient (Wildman–Crippen LogP) is 1.69. The molecule has 0 aliphatic heterocycles. The molecule has 0 atom stereocenters. The molecule has 1 aromatic rings. The summed E-state index contributed by atoms with van der Waals surface area (Å²) in [7, 11) is 0. The van der Waals surface area contributed by atoms with Gasteiger partial charge in [0, 0.05) is 12.8 Å². The maximum Gasteiger partial charge on any atom is 0.134 e. The van der Waals surface area contributed by atoms with Crippen LogP contribution in [0.25, 0.3) is 0 Å². The van der Waals surface area contributed by atoms with E-state index >= 15 is 0 Å². The Morgan fingerprint density at radius 1 is 1.27 bits per heavy atom. The minimum Gasteiger partial charge on any atom is -0.388 e. The highest BCUT2D eigenvalue weighted by Gasteiger charge is 1.98. The molecule has 1 rings (SSSR count). The molecule has 0 aromatic heterocycles. The van der Waals surface area contributed by atoms with E-state index < -0.39 is 0 Å². The van der Waals surface area contributed by atoms with Crippen LogP contribution in [0.2, 0.25) is 0 Å². The number of nitrogens with one attached hydrogen (secondary N) is 1. The molecule has 15 heavy (non-hydrogen) atoms. The van der Waals surface area contributed by atoms with E-state index in [0.29, 0.717) is 12.8 Å². The Hall–Kier alpha value is -1.64. The summed E-state index contributed by atoms with van der Waals surface area (Å²) in [6, 6.07) is 7.89. The number of hydrogen-bond donors (Lipinski definition) is 2. The summed E-state index contributed by atoms with van der Waals surface area (Å²) in [5, 5.41) is 7.11. The summed E-state index contributed by atoms with van der Waals surface area (Å²) < 4.78 is 0. The number of ketones is 1. The monoisotopic (exact) mass is 204 g/mol. The molecule has 0 saturated heterocycles. The van der Waals surface area contributed by atoms with Gasteiger partial charge in [-0.1, -0.05) is 24.3 Å². The Bertz CT molecular complexity index is 354. The van der Waals surface area contributed by atoms with Crippen molar-refractivity contribution in [1.29, 1.82) is 5.41 Å². The topological polar surface area (TPSA) is 66.9 Å². The van der Waals surface area contributed by atoms with Crippen LogP contribution in [-0.4, -0.2) is 11.6 Å². The summed E-state index contributed by atoms with van der Waals surface area (Å²) in [4.78, 5) is 10.9. The molecule has 0 unspecified atom stereocenters. The second-order valence-electron chi connectivity index (χ2n) is 3.72. The maximum atomic E-state index is 10.9. The standard InChI is InChI=1S/C12H16N2O/c1-9(15)8-11-4-2-10(3-5-11)6-7-12(13)14/h2-5H,6-8H2,1H3,(H3,13,14). The molecule has 3 nitrogen and oxygen atoms in total. The fourth-order valence-electron chi connectivity index (χ4n) is 1.39. The minimum absolute atomic E-state index is 0.173. The van der Waals surface area contributed by atoms with E-state index in [0.717, 1.165) is 17.5 Å². The summed E-state index contributed by atoms with van der Waals surface area (Å²) in [6.07, 6.45) is 1.87. The Labute approximate surface area is 89.8 Å². The fourth-order valence-corrected chi connectivity index (χ4v) is 1.39. The van der Waals surface area contributed by atoms with Crippen LogP contribution >= 0.6 is 0 Å². The van der Waals surface area contributed by atoms with Gasteiger partial charge < -0.3 is 5.73 Å². The third-order valence-corrected chi connectivity index (χ3v) is 2.16. The van der Waals surface area contributed by atoms with Gasteiger partial charge in [0.25, 0.3) is 0 Å². The molecule has 0 radical (unpaired) electrons. The van der Waals surface area contributed by atoms with E-state index in [1.165, 1.54) is 0 Å². The van der Waals surface area contributed by atoms with E-state index in [-0.39, 0.29) is 11.6 Å². The van der Waals surface area contributed by atoms with Crippen molar-refractivity contribution in [2.24, 2.45) is 5.73 Å². The van der Waals surface area contributed by atoms with Gasteiger partial charge in [0.1, 0.15) is 5.78 Å². The van der Waals surface area contributed by atoms with Crippen LogP contribution in [-0.2, 0) is 17.6 Å². The van der Waals surface area contributed by atoms with Crippen molar-refractivity contribution < 1.29 is 4.79 Å². The average molecular weight is 204 g/mol. The first-order chi connectivity index (χ1) is 7.08. The highest BCUT2D eigenvalue weighted by molar-refractivity contribution is 5.78. The lowest BCUT2D eigenvalue weighted by Crippen LogP contribution is -2.10. The van der Waals surface area contributed by atoms with Gasteiger partial charge in [0.05, 0.1) is 5.84 Å². The summed E-state index contributed by atoms with van der Waals surface area (Å²) in [5.74, 6) is 0.384. The lowest BCUT2D eigenvalue weighted by atomic mass is 10.0. The number of amidine groups is 1. The highest BCUT2D eigenvalue weighted by Crippen LogP contribution is 2.07. The van der Waals surface area contributed by atoms with Crippen molar-refractivity contribution in [3.8, 4) is 0 Å². The number of aryl methyl sites for hydroxylation is 1. The van der Waals surface area contributed by atoms with Crippen LogP contribution in [0.4, 0.5) is 0 Å². The van der Waals surface area contributed by atoms with Crippen LogP contribution in [0.5, 0.6) is 0 Å². The molecule has 0 spiro atoms. The Morgan fingerprint density at radius 3 is 2.27 bits per heavy atom. The number of carbonyl (C=O) groups is 1. The first-order valence-corrected chi connectivity index (χ1v) is 4.98. The van der Waals surface area contributed by atoms with E-state index in [2.05, 4.69) is 0 Å². The van der Waals surface area contributed by atoms with Crippen molar-refractivity contribution in [3.63, 3.8) is 0 Å². The van der Waals surface area contributed by atoms with E-state index in [9.17, 15) is 4.79 Å². The smallest absolute Gasteiger partial charge is 0.134 e. The molecule has 1 aromatic carbocycles. The summed E-state index contributed by atoms with van der Waals surface area (Å²) >= 11 is 0. The number of rotatable bonds is 5. The minimum atomic E-state index is 0.173. The molecule has 3 N–H and O–H groups in total. The SMILES string of the molecule is CC(=O)Cc1ccc(CCC(=N)N)cc1. The van der Waals surface area contributed by atoms with Crippen molar-refractivity contribution in [2.75, 3.05) is 0 Å². The average Bonchev–Trinajstić information content (AvgIpc) is 2.16. The quantitative estimate of drug-likeness (QED) is 0.566. The molecule has 0 aliphatic rings. The third-order valence-electron chi connectivity index (χ3n) is 2.16. The van der Waals surface area contributed by atoms with Gasteiger partial charge in [-0.05, 0) is 24.5 Å². The second kappa shape index (κ2) is 5.29. The van der Waals surface area contributed by atoms with Gasteiger partial charge >= 0.3 is 0 Å². The van der Waals surface area contributed by atoms with Crippen LogP contribution in [0.3, 0.4) is 0 Å². The van der Waals surface area contributed by atoms with Gasteiger partial charge in [0.2, 0.25) is 0 Å². The van der Waals surface area contributed by atoms with Crippen molar-refractivity contribution in [2.45, 2.75) is 26.2 Å². The van der Waals surface area contributed by atoms with Crippen LogP contribution in [0.15, 0.2) is 24.3 Å². The van der Waals surface area contributed by atoms with Gasteiger partial charge in [-0.15, -0.1) is 0 Å². The summed E-state index contributed by atoms with van der Waals surface area (Å²) in [5.41, 5.74) is 7.46. The molecule has 0 aliphatic carbocycles. The molecule has 0 amide bonds. The Kier molecular flexibility index (Phi) is 4.03. The van der Waals surface area contributed by atoms with E-state index in [1.807, 2.05) is 24.3 Å².